The van der Waals surface area contributed by atoms with E-state index in [2.05, 4.69) is 46.4 Å². The number of rotatable bonds is 5. The predicted molar refractivity (Wildman–Crippen MR) is 120 cm³/mol. The van der Waals surface area contributed by atoms with Crippen LogP contribution in [0, 0.1) is 0 Å². The van der Waals surface area contributed by atoms with Gasteiger partial charge in [-0.3, -0.25) is 9.78 Å². The van der Waals surface area contributed by atoms with Crippen LogP contribution in [-0.4, -0.2) is 37.8 Å². The molecule has 0 saturated heterocycles. The highest BCUT2D eigenvalue weighted by Gasteiger charge is 2.21. The average Bonchev–Trinajstić information content (AvgIpc) is 3.21. The molecule has 1 amide bonds. The van der Waals surface area contributed by atoms with Gasteiger partial charge in [0.15, 0.2) is 11.5 Å². The first-order chi connectivity index (χ1) is 14.8. The van der Waals surface area contributed by atoms with E-state index >= 15 is 0 Å². The summed E-state index contributed by atoms with van der Waals surface area (Å²) in [6, 6.07) is 15.1. The van der Waals surface area contributed by atoms with E-state index in [1.165, 1.54) is 0 Å². The van der Waals surface area contributed by atoms with Crippen molar-refractivity contribution < 1.29 is 4.79 Å². The zero-order valence-corrected chi connectivity index (χ0v) is 18.1. The molecular weight excluding hydrogens is 390 g/mol. The van der Waals surface area contributed by atoms with E-state index < -0.39 is 0 Å². The largest absolute Gasteiger partial charge is 0.365 e. The minimum absolute atomic E-state index is 0.0747. The van der Waals surface area contributed by atoms with Gasteiger partial charge < -0.3 is 10.2 Å². The fraction of sp³-hybridized carbons (Fsp3) is 0.261. The van der Waals surface area contributed by atoms with Crippen LogP contribution in [0.5, 0.6) is 0 Å². The van der Waals surface area contributed by atoms with Crippen LogP contribution >= 0.6 is 0 Å². The first-order valence-electron chi connectivity index (χ1n) is 10.1. The summed E-state index contributed by atoms with van der Waals surface area (Å²) < 4.78 is 1.78. The Bertz CT molecular complexity index is 1190. The van der Waals surface area contributed by atoms with Crippen LogP contribution in [0.4, 0.5) is 11.5 Å². The topological polar surface area (TPSA) is 88.3 Å². The number of anilines is 2. The van der Waals surface area contributed by atoms with Gasteiger partial charge in [-0.1, -0.05) is 32.9 Å². The third-order valence-corrected chi connectivity index (χ3v) is 4.96. The van der Waals surface area contributed by atoms with Gasteiger partial charge in [0, 0.05) is 42.7 Å². The van der Waals surface area contributed by atoms with Crippen molar-refractivity contribution in [1.29, 1.82) is 0 Å². The Morgan fingerprint density at radius 3 is 2.39 bits per heavy atom. The zero-order valence-electron chi connectivity index (χ0n) is 18.1. The lowest BCUT2D eigenvalue weighted by Crippen LogP contribution is -2.26. The standard InChI is InChI=1S/C23H25N7O/c1-23(2,3)22-27-26-20-10-9-19(28-30(20)22)25-15-16-5-7-18(8-6-16)29(4)21(31)17-11-13-24-14-12-17/h5-14H,15H2,1-4H3,(H,25,28). The Morgan fingerprint density at radius 2 is 1.71 bits per heavy atom. The molecule has 1 aromatic carbocycles. The molecule has 4 aromatic rings. The van der Waals surface area contributed by atoms with Crippen LogP contribution in [-0.2, 0) is 12.0 Å². The van der Waals surface area contributed by atoms with Crippen LogP contribution in [0.1, 0.15) is 42.5 Å². The summed E-state index contributed by atoms with van der Waals surface area (Å²) in [4.78, 5) is 18.2. The third-order valence-electron chi connectivity index (χ3n) is 4.96. The van der Waals surface area contributed by atoms with Gasteiger partial charge in [0.25, 0.3) is 5.91 Å². The Labute approximate surface area is 181 Å². The van der Waals surface area contributed by atoms with Gasteiger partial charge in [0.2, 0.25) is 0 Å². The summed E-state index contributed by atoms with van der Waals surface area (Å²) in [7, 11) is 1.76. The molecule has 0 fully saturated rings. The molecule has 31 heavy (non-hydrogen) atoms. The minimum Gasteiger partial charge on any atom is -0.365 e. The van der Waals surface area contributed by atoms with Crippen molar-refractivity contribution in [2.75, 3.05) is 17.3 Å². The molecule has 0 saturated carbocycles. The van der Waals surface area contributed by atoms with Crippen molar-refractivity contribution in [2.45, 2.75) is 32.7 Å². The van der Waals surface area contributed by atoms with E-state index in [-0.39, 0.29) is 11.3 Å². The fourth-order valence-electron chi connectivity index (χ4n) is 3.19. The lowest BCUT2D eigenvalue weighted by Gasteiger charge is -2.18. The maximum Gasteiger partial charge on any atom is 0.258 e. The normalized spacial score (nSPS) is 11.5. The molecule has 0 aliphatic carbocycles. The molecule has 0 atom stereocenters. The molecule has 3 aromatic heterocycles. The van der Waals surface area contributed by atoms with Crippen LogP contribution in [0.25, 0.3) is 5.65 Å². The smallest absolute Gasteiger partial charge is 0.258 e. The summed E-state index contributed by atoms with van der Waals surface area (Å²) in [6.45, 7) is 6.86. The number of aromatic nitrogens is 5. The van der Waals surface area contributed by atoms with Gasteiger partial charge in [-0.2, -0.15) is 4.52 Å². The number of carbonyl (C=O) groups is 1. The maximum atomic E-state index is 12.6. The highest BCUT2D eigenvalue weighted by Crippen LogP contribution is 2.21. The van der Waals surface area contributed by atoms with E-state index in [1.54, 1.807) is 41.0 Å². The number of carbonyl (C=O) groups excluding carboxylic acids is 1. The van der Waals surface area contributed by atoms with Gasteiger partial charge in [0.05, 0.1) is 0 Å². The number of fused-ring (bicyclic) bond motifs is 1. The SMILES string of the molecule is CN(C(=O)c1ccncc1)c1ccc(CNc2ccc3nnc(C(C)(C)C)n3n2)cc1. The van der Waals surface area contributed by atoms with Gasteiger partial charge in [-0.15, -0.1) is 15.3 Å². The van der Waals surface area contributed by atoms with Crippen LogP contribution in [0.3, 0.4) is 0 Å². The predicted octanol–water partition coefficient (Wildman–Crippen LogP) is 3.71. The van der Waals surface area contributed by atoms with Crippen molar-refractivity contribution in [2.24, 2.45) is 0 Å². The first kappa shape index (κ1) is 20.5. The number of pyridine rings is 1. The molecule has 0 unspecified atom stereocenters. The van der Waals surface area contributed by atoms with Gasteiger partial charge in [-0.05, 0) is 42.0 Å². The van der Waals surface area contributed by atoms with Crippen LogP contribution in [0.15, 0.2) is 60.9 Å². The third kappa shape index (κ3) is 4.37. The minimum atomic E-state index is -0.152. The van der Waals surface area contributed by atoms with Crippen molar-refractivity contribution in [3.8, 4) is 0 Å². The summed E-state index contributed by atoms with van der Waals surface area (Å²) in [6.07, 6.45) is 3.23. The number of nitrogens with one attached hydrogen (secondary N) is 1. The van der Waals surface area contributed by atoms with Gasteiger partial charge in [0.1, 0.15) is 5.82 Å². The average molecular weight is 416 g/mol. The second-order valence-electron chi connectivity index (χ2n) is 8.38. The number of benzene rings is 1. The van der Waals surface area contributed by atoms with Gasteiger partial charge in [-0.25, -0.2) is 0 Å². The van der Waals surface area contributed by atoms with Crippen molar-refractivity contribution in [3.05, 3.63) is 77.9 Å². The first-order valence-corrected chi connectivity index (χ1v) is 10.1. The van der Waals surface area contributed by atoms with E-state index in [4.69, 9.17) is 0 Å². The molecular formula is C23H25N7O. The highest BCUT2D eigenvalue weighted by atomic mass is 16.2. The molecule has 0 aliphatic heterocycles. The van der Waals surface area contributed by atoms with E-state index in [1.807, 2.05) is 36.4 Å². The Morgan fingerprint density at radius 1 is 1.00 bits per heavy atom. The molecule has 1 N–H and O–H groups in total. The second-order valence-corrected chi connectivity index (χ2v) is 8.38. The van der Waals surface area contributed by atoms with Crippen molar-refractivity contribution >= 4 is 23.1 Å². The van der Waals surface area contributed by atoms with Crippen LogP contribution < -0.4 is 10.2 Å². The highest BCUT2D eigenvalue weighted by molar-refractivity contribution is 6.05. The lowest BCUT2D eigenvalue weighted by molar-refractivity contribution is 0.0993. The van der Waals surface area contributed by atoms with E-state index in [9.17, 15) is 4.79 Å². The number of hydrogen-bond donors (Lipinski definition) is 1. The molecule has 158 valence electrons. The Balaban J connectivity index is 1.44. The number of hydrogen-bond acceptors (Lipinski definition) is 6. The molecule has 0 spiro atoms. The molecule has 0 bridgehead atoms. The fourth-order valence-corrected chi connectivity index (χ4v) is 3.19. The maximum absolute atomic E-state index is 12.6. The number of nitrogens with zero attached hydrogens (tertiary/aromatic N) is 6. The quantitative estimate of drug-likeness (QED) is 0.535. The molecule has 0 aliphatic rings. The van der Waals surface area contributed by atoms with Crippen LogP contribution in [0.2, 0.25) is 0 Å². The van der Waals surface area contributed by atoms with Crippen molar-refractivity contribution in [1.82, 2.24) is 24.8 Å². The zero-order chi connectivity index (χ0) is 22.0. The summed E-state index contributed by atoms with van der Waals surface area (Å²) in [5.41, 5.74) is 3.08. The molecule has 0 radical (unpaired) electrons. The summed E-state index contributed by atoms with van der Waals surface area (Å²) in [5.74, 6) is 1.48. The second kappa shape index (κ2) is 8.14. The molecule has 4 rings (SSSR count). The Hall–Kier alpha value is -3.81. The lowest BCUT2D eigenvalue weighted by atomic mass is 9.96. The molecule has 8 heteroatoms. The van der Waals surface area contributed by atoms with E-state index in [0.717, 1.165) is 28.5 Å². The summed E-state index contributed by atoms with van der Waals surface area (Å²) >= 11 is 0. The van der Waals surface area contributed by atoms with Gasteiger partial charge >= 0.3 is 0 Å². The summed E-state index contributed by atoms with van der Waals surface area (Å²) in [5, 5.41) is 16.5. The Kier molecular flexibility index (Phi) is 5.37. The number of amides is 1. The van der Waals surface area contributed by atoms with E-state index in [0.29, 0.717) is 12.1 Å². The van der Waals surface area contributed by atoms with Crippen molar-refractivity contribution in [3.63, 3.8) is 0 Å². The molecule has 3 heterocycles. The monoisotopic (exact) mass is 415 g/mol. The molecule has 8 nitrogen and oxygen atoms in total.